The predicted octanol–water partition coefficient (Wildman–Crippen LogP) is 1.89. The highest BCUT2D eigenvalue weighted by Gasteiger charge is 2.09. The quantitative estimate of drug-likeness (QED) is 0.883. The van der Waals surface area contributed by atoms with Gasteiger partial charge in [0.05, 0.1) is 4.90 Å². The summed E-state index contributed by atoms with van der Waals surface area (Å²) in [5, 5.41) is 8.45. The summed E-state index contributed by atoms with van der Waals surface area (Å²) in [4.78, 5) is 4.37. The highest BCUT2D eigenvalue weighted by Crippen LogP contribution is 2.16. The number of pyridine rings is 1. The van der Waals surface area contributed by atoms with Crippen molar-refractivity contribution in [3.63, 3.8) is 0 Å². The number of benzene rings is 1. The molecule has 1 aromatic carbocycles. The molecule has 0 aliphatic rings. The molecule has 0 radical (unpaired) electrons. The number of nitrogens with one attached hydrogen (secondary N) is 1. The van der Waals surface area contributed by atoms with Crippen LogP contribution in [0.4, 0.5) is 0 Å². The molecule has 2 aromatic rings. The van der Waals surface area contributed by atoms with E-state index in [2.05, 4.69) is 10.3 Å². The maximum absolute atomic E-state index is 11.2. The topological polar surface area (TPSA) is 85.1 Å². The first kappa shape index (κ1) is 15.6. The van der Waals surface area contributed by atoms with Gasteiger partial charge < -0.3 is 5.32 Å². The van der Waals surface area contributed by atoms with Crippen LogP contribution in [0.3, 0.4) is 0 Å². The van der Waals surface area contributed by atoms with Gasteiger partial charge >= 0.3 is 0 Å². The molecule has 5 nitrogen and oxygen atoms in total. The average Bonchev–Trinajstić information content (AvgIpc) is 2.45. The van der Waals surface area contributed by atoms with Gasteiger partial charge in [-0.3, -0.25) is 4.98 Å². The molecule has 2 rings (SSSR count). The molecule has 0 aliphatic carbocycles. The minimum absolute atomic E-state index is 0.0980. The Morgan fingerprint density at radius 2 is 1.86 bits per heavy atom. The van der Waals surface area contributed by atoms with Crippen molar-refractivity contribution in [2.75, 3.05) is 0 Å². The second-order valence-corrected chi connectivity index (χ2v) is 6.59. The van der Waals surface area contributed by atoms with E-state index in [0.29, 0.717) is 6.54 Å². The third-order valence-electron chi connectivity index (χ3n) is 3.29. The molecule has 0 bridgehead atoms. The second kappa shape index (κ2) is 6.34. The Labute approximate surface area is 125 Å². The molecule has 1 atom stereocenters. The van der Waals surface area contributed by atoms with Gasteiger partial charge in [0.25, 0.3) is 0 Å². The van der Waals surface area contributed by atoms with Crippen molar-refractivity contribution in [1.29, 1.82) is 0 Å². The largest absolute Gasteiger partial charge is 0.306 e. The van der Waals surface area contributed by atoms with E-state index in [1.165, 1.54) is 12.1 Å². The van der Waals surface area contributed by atoms with Crippen LogP contribution in [0.2, 0.25) is 0 Å². The zero-order chi connectivity index (χ0) is 15.5. The molecule has 0 saturated heterocycles. The number of aryl methyl sites for hydroxylation is 1. The molecular formula is C15H19N3O2S. The van der Waals surface area contributed by atoms with E-state index in [-0.39, 0.29) is 10.9 Å². The van der Waals surface area contributed by atoms with Gasteiger partial charge in [-0.25, -0.2) is 13.6 Å². The molecule has 1 unspecified atom stereocenters. The molecule has 0 saturated carbocycles. The van der Waals surface area contributed by atoms with Crippen molar-refractivity contribution in [3.8, 4) is 0 Å². The molecular weight excluding hydrogens is 286 g/mol. The minimum atomic E-state index is -3.63. The lowest BCUT2D eigenvalue weighted by Crippen LogP contribution is -2.18. The first-order valence-electron chi connectivity index (χ1n) is 6.64. The normalized spacial score (nSPS) is 13.1. The van der Waals surface area contributed by atoms with E-state index in [4.69, 9.17) is 5.14 Å². The van der Waals surface area contributed by atoms with Crippen molar-refractivity contribution in [3.05, 3.63) is 59.4 Å². The van der Waals surface area contributed by atoms with Crippen LogP contribution in [-0.2, 0) is 16.6 Å². The minimum Gasteiger partial charge on any atom is -0.306 e. The third-order valence-corrected chi connectivity index (χ3v) is 4.22. The lowest BCUT2D eigenvalue weighted by atomic mass is 10.1. The van der Waals surface area contributed by atoms with Crippen LogP contribution in [0.25, 0.3) is 0 Å². The van der Waals surface area contributed by atoms with Crippen LogP contribution < -0.4 is 10.5 Å². The first-order chi connectivity index (χ1) is 9.86. The van der Waals surface area contributed by atoms with Crippen LogP contribution in [-0.4, -0.2) is 13.4 Å². The molecule has 6 heteroatoms. The smallest absolute Gasteiger partial charge is 0.238 e. The SMILES string of the molecule is Cc1ccc(CNC(C)c2ccc(S(N)(=O)=O)cc2)cn1. The summed E-state index contributed by atoms with van der Waals surface area (Å²) in [6.45, 7) is 4.67. The molecule has 0 amide bonds. The van der Waals surface area contributed by atoms with E-state index in [1.54, 1.807) is 12.1 Å². The molecule has 1 heterocycles. The highest BCUT2D eigenvalue weighted by atomic mass is 32.2. The number of rotatable bonds is 5. The Morgan fingerprint density at radius 1 is 1.19 bits per heavy atom. The number of nitrogens with zero attached hydrogens (tertiary/aromatic N) is 1. The summed E-state index contributed by atoms with van der Waals surface area (Å²) in [5.74, 6) is 0. The van der Waals surface area contributed by atoms with E-state index in [9.17, 15) is 8.42 Å². The standard InChI is InChI=1S/C15H19N3O2S/c1-11-3-4-13(9-17-11)10-18-12(2)14-5-7-15(8-6-14)21(16,19)20/h3-9,12,18H,10H2,1-2H3,(H2,16,19,20). The fourth-order valence-corrected chi connectivity index (χ4v) is 2.45. The molecule has 1 aromatic heterocycles. The van der Waals surface area contributed by atoms with Crippen LogP contribution in [0.5, 0.6) is 0 Å². The maximum atomic E-state index is 11.2. The Balaban J connectivity index is 2.00. The fraction of sp³-hybridized carbons (Fsp3) is 0.267. The van der Waals surface area contributed by atoms with Crippen molar-refractivity contribution in [2.45, 2.75) is 31.3 Å². The van der Waals surface area contributed by atoms with Gasteiger partial charge in [-0.05, 0) is 43.2 Å². The predicted molar refractivity (Wildman–Crippen MR) is 82.0 cm³/mol. The van der Waals surface area contributed by atoms with Crippen LogP contribution in [0, 0.1) is 6.92 Å². The van der Waals surface area contributed by atoms with Crippen molar-refractivity contribution >= 4 is 10.0 Å². The number of hydrogen-bond donors (Lipinski definition) is 2. The van der Waals surface area contributed by atoms with Crippen LogP contribution in [0.15, 0.2) is 47.5 Å². The van der Waals surface area contributed by atoms with Crippen molar-refractivity contribution < 1.29 is 8.42 Å². The van der Waals surface area contributed by atoms with Gasteiger partial charge in [-0.15, -0.1) is 0 Å². The lowest BCUT2D eigenvalue weighted by molar-refractivity contribution is 0.573. The molecule has 3 N–H and O–H groups in total. The molecule has 0 fully saturated rings. The number of hydrogen-bond acceptors (Lipinski definition) is 4. The Hall–Kier alpha value is -1.76. The van der Waals surface area contributed by atoms with Gasteiger partial charge in [0.2, 0.25) is 10.0 Å². The summed E-state index contributed by atoms with van der Waals surface area (Å²) in [7, 11) is -3.63. The average molecular weight is 305 g/mol. The lowest BCUT2D eigenvalue weighted by Gasteiger charge is -2.14. The summed E-state index contributed by atoms with van der Waals surface area (Å²) < 4.78 is 22.4. The number of sulfonamides is 1. The van der Waals surface area contributed by atoms with E-state index >= 15 is 0 Å². The highest BCUT2D eigenvalue weighted by molar-refractivity contribution is 7.89. The van der Waals surface area contributed by atoms with Gasteiger partial charge in [-0.1, -0.05) is 18.2 Å². The van der Waals surface area contributed by atoms with Crippen molar-refractivity contribution in [2.24, 2.45) is 5.14 Å². The zero-order valence-corrected chi connectivity index (χ0v) is 12.9. The van der Waals surface area contributed by atoms with E-state index in [0.717, 1.165) is 16.8 Å². The Morgan fingerprint density at radius 3 is 2.38 bits per heavy atom. The molecule has 21 heavy (non-hydrogen) atoms. The van der Waals surface area contributed by atoms with Gasteiger partial charge in [-0.2, -0.15) is 0 Å². The number of nitrogens with two attached hydrogens (primary N) is 1. The van der Waals surface area contributed by atoms with Gasteiger partial charge in [0, 0.05) is 24.5 Å². The second-order valence-electron chi connectivity index (χ2n) is 5.02. The molecule has 0 spiro atoms. The van der Waals surface area contributed by atoms with Crippen LogP contribution in [0.1, 0.15) is 29.8 Å². The van der Waals surface area contributed by atoms with Crippen molar-refractivity contribution in [1.82, 2.24) is 10.3 Å². The number of aromatic nitrogens is 1. The first-order valence-corrected chi connectivity index (χ1v) is 8.18. The number of primary sulfonamides is 1. The van der Waals surface area contributed by atoms with E-state index in [1.807, 2.05) is 32.2 Å². The fourth-order valence-electron chi connectivity index (χ4n) is 1.94. The monoisotopic (exact) mass is 305 g/mol. The third kappa shape index (κ3) is 4.35. The zero-order valence-electron chi connectivity index (χ0n) is 12.1. The van der Waals surface area contributed by atoms with E-state index < -0.39 is 10.0 Å². The summed E-state index contributed by atoms with van der Waals surface area (Å²) in [5.41, 5.74) is 3.10. The molecule has 112 valence electrons. The van der Waals surface area contributed by atoms with Crippen LogP contribution >= 0.6 is 0 Å². The van der Waals surface area contributed by atoms with Gasteiger partial charge in [0.1, 0.15) is 0 Å². The summed E-state index contributed by atoms with van der Waals surface area (Å²) >= 11 is 0. The summed E-state index contributed by atoms with van der Waals surface area (Å²) in [6, 6.07) is 10.7. The Kier molecular flexibility index (Phi) is 4.72. The molecule has 0 aliphatic heterocycles. The summed E-state index contributed by atoms with van der Waals surface area (Å²) in [6.07, 6.45) is 1.85. The Bertz CT molecular complexity index is 695. The van der Waals surface area contributed by atoms with Gasteiger partial charge in [0.15, 0.2) is 0 Å². The maximum Gasteiger partial charge on any atom is 0.238 e.